The Morgan fingerprint density at radius 2 is 2.00 bits per heavy atom. The zero-order chi connectivity index (χ0) is 14.3. The molecule has 0 aromatic carbocycles. The first-order chi connectivity index (χ1) is 8.75. The summed E-state index contributed by atoms with van der Waals surface area (Å²) in [6, 6.07) is 0. The summed E-state index contributed by atoms with van der Waals surface area (Å²) < 4.78 is 1.48. The number of carboxylic acids is 1. The van der Waals surface area contributed by atoms with Crippen molar-refractivity contribution in [3.8, 4) is 0 Å². The largest absolute Gasteiger partial charge is 0.481 e. The molecule has 2 aromatic rings. The zero-order valence-corrected chi connectivity index (χ0v) is 11.2. The molecule has 2 heterocycles. The molecule has 0 aliphatic carbocycles. The van der Waals surface area contributed by atoms with Crippen molar-refractivity contribution in [1.29, 1.82) is 0 Å². The van der Waals surface area contributed by atoms with Crippen molar-refractivity contribution < 1.29 is 9.90 Å². The van der Waals surface area contributed by atoms with Crippen LogP contribution in [-0.2, 0) is 4.79 Å². The number of aliphatic carboxylic acids is 1. The first kappa shape index (κ1) is 13.2. The fourth-order valence-electron chi connectivity index (χ4n) is 1.50. The lowest BCUT2D eigenvalue weighted by molar-refractivity contribution is -0.149. The van der Waals surface area contributed by atoms with Crippen molar-refractivity contribution in [3.63, 3.8) is 0 Å². The van der Waals surface area contributed by atoms with Gasteiger partial charge in [-0.05, 0) is 38.1 Å². The highest BCUT2D eigenvalue weighted by molar-refractivity contribution is 5.76. The molecule has 0 amide bonds. The highest BCUT2D eigenvalue weighted by Gasteiger charge is 2.43. The summed E-state index contributed by atoms with van der Waals surface area (Å²) in [4.78, 5) is 15.4. The summed E-state index contributed by atoms with van der Waals surface area (Å²) in [5.74, 6) is -0.344. The molecule has 19 heavy (non-hydrogen) atoms. The van der Waals surface area contributed by atoms with Gasteiger partial charge in [0.25, 0.3) is 0 Å². The van der Waals surface area contributed by atoms with E-state index < -0.39 is 16.9 Å². The Bertz CT molecular complexity index is 618. The molecule has 0 aliphatic heterocycles. The third-order valence-corrected chi connectivity index (χ3v) is 3.65. The van der Waals surface area contributed by atoms with Crippen molar-refractivity contribution in [1.82, 2.24) is 25.0 Å². The smallest absolute Gasteiger partial charge is 0.311 e. The van der Waals surface area contributed by atoms with E-state index in [2.05, 4.69) is 25.8 Å². The number of carboxylic acid groups (broad SMARTS) is 1. The number of carbonyl (C=O) groups is 1. The maximum absolute atomic E-state index is 11.4. The van der Waals surface area contributed by atoms with E-state index in [1.165, 1.54) is 10.7 Å². The predicted molar refractivity (Wildman–Crippen MR) is 67.7 cm³/mol. The molecule has 8 nitrogen and oxygen atoms in total. The van der Waals surface area contributed by atoms with E-state index in [1.54, 1.807) is 20.0 Å². The standard InChI is InChI=1S/C11H16N6O2/c1-10(2,9(18)19)11(3,4)13-7-5-12-6-8-14-15-16-17(7)8/h5-6,13H,1-4H3,(H,18,19). The van der Waals surface area contributed by atoms with Crippen molar-refractivity contribution >= 4 is 17.4 Å². The van der Waals surface area contributed by atoms with Gasteiger partial charge in [0.15, 0.2) is 11.5 Å². The Morgan fingerprint density at radius 3 is 2.63 bits per heavy atom. The van der Waals surface area contributed by atoms with Crippen LogP contribution in [0.3, 0.4) is 0 Å². The van der Waals surface area contributed by atoms with Gasteiger partial charge >= 0.3 is 5.97 Å². The maximum atomic E-state index is 11.4. The molecular weight excluding hydrogens is 248 g/mol. The van der Waals surface area contributed by atoms with Crippen molar-refractivity contribution in [3.05, 3.63) is 12.4 Å². The summed E-state index contributed by atoms with van der Waals surface area (Å²) >= 11 is 0. The molecule has 0 radical (unpaired) electrons. The molecule has 2 rings (SSSR count). The lowest BCUT2D eigenvalue weighted by Gasteiger charge is -2.39. The van der Waals surface area contributed by atoms with E-state index in [1.807, 2.05) is 13.8 Å². The molecule has 102 valence electrons. The highest BCUT2D eigenvalue weighted by atomic mass is 16.4. The summed E-state index contributed by atoms with van der Waals surface area (Å²) in [5, 5.41) is 23.7. The summed E-state index contributed by atoms with van der Waals surface area (Å²) in [6.45, 7) is 6.94. The van der Waals surface area contributed by atoms with Crippen LogP contribution >= 0.6 is 0 Å². The van der Waals surface area contributed by atoms with Gasteiger partial charge < -0.3 is 10.4 Å². The van der Waals surface area contributed by atoms with Gasteiger partial charge in [-0.1, -0.05) is 0 Å². The molecule has 0 saturated heterocycles. The van der Waals surface area contributed by atoms with Crippen LogP contribution in [0.25, 0.3) is 5.65 Å². The molecule has 0 aliphatic rings. The molecule has 0 spiro atoms. The fourth-order valence-corrected chi connectivity index (χ4v) is 1.50. The van der Waals surface area contributed by atoms with Gasteiger partial charge in [-0.3, -0.25) is 9.78 Å². The topological polar surface area (TPSA) is 105 Å². The van der Waals surface area contributed by atoms with E-state index in [4.69, 9.17) is 0 Å². The van der Waals surface area contributed by atoms with Crippen LogP contribution in [-0.4, -0.2) is 41.6 Å². The number of hydrogen-bond donors (Lipinski definition) is 2. The Hall–Kier alpha value is -2.25. The van der Waals surface area contributed by atoms with Crippen LogP contribution in [0.2, 0.25) is 0 Å². The number of anilines is 1. The average Bonchev–Trinajstić information content (AvgIpc) is 2.77. The summed E-state index contributed by atoms with van der Waals surface area (Å²) in [5.41, 5.74) is -1.21. The SMILES string of the molecule is CC(C)(Nc1cncc2nnnn12)C(C)(C)C(=O)O. The number of aromatic nitrogens is 5. The van der Waals surface area contributed by atoms with Gasteiger partial charge in [-0.15, -0.1) is 5.10 Å². The van der Waals surface area contributed by atoms with E-state index in [9.17, 15) is 9.90 Å². The number of fused-ring (bicyclic) bond motifs is 1. The lowest BCUT2D eigenvalue weighted by atomic mass is 9.74. The predicted octanol–water partition coefficient (Wildman–Crippen LogP) is 0.821. The minimum atomic E-state index is -0.983. The lowest BCUT2D eigenvalue weighted by Crippen LogP contribution is -2.51. The Balaban J connectivity index is 2.40. The third kappa shape index (κ3) is 2.09. The number of nitrogens with zero attached hydrogens (tertiary/aromatic N) is 5. The molecule has 0 saturated carbocycles. The van der Waals surface area contributed by atoms with Gasteiger partial charge in [-0.2, -0.15) is 4.52 Å². The van der Waals surface area contributed by atoms with Crippen LogP contribution in [0.1, 0.15) is 27.7 Å². The Morgan fingerprint density at radius 1 is 1.32 bits per heavy atom. The summed E-state index contributed by atoms with van der Waals surface area (Å²) in [6.07, 6.45) is 3.09. The van der Waals surface area contributed by atoms with E-state index >= 15 is 0 Å². The number of rotatable bonds is 4. The molecule has 0 unspecified atom stereocenters. The average molecular weight is 264 g/mol. The molecule has 2 aromatic heterocycles. The Labute approximate surface area is 109 Å². The van der Waals surface area contributed by atoms with Crippen molar-refractivity contribution in [2.75, 3.05) is 5.32 Å². The highest BCUT2D eigenvalue weighted by Crippen LogP contribution is 2.33. The van der Waals surface area contributed by atoms with Crippen LogP contribution < -0.4 is 5.32 Å². The number of hydrogen-bond acceptors (Lipinski definition) is 6. The maximum Gasteiger partial charge on any atom is 0.311 e. The quantitative estimate of drug-likeness (QED) is 0.842. The van der Waals surface area contributed by atoms with Crippen molar-refractivity contribution in [2.24, 2.45) is 5.41 Å². The zero-order valence-electron chi connectivity index (χ0n) is 11.2. The van der Waals surface area contributed by atoms with Gasteiger partial charge in [0, 0.05) is 5.54 Å². The molecule has 0 bridgehead atoms. The molecular formula is C11H16N6O2. The first-order valence-corrected chi connectivity index (χ1v) is 5.79. The molecule has 0 atom stereocenters. The van der Waals surface area contributed by atoms with Gasteiger partial charge in [-0.25, -0.2) is 0 Å². The number of nitrogens with one attached hydrogen (secondary N) is 1. The fraction of sp³-hybridized carbons (Fsp3) is 0.545. The van der Waals surface area contributed by atoms with E-state index in [-0.39, 0.29) is 0 Å². The van der Waals surface area contributed by atoms with E-state index in [0.717, 1.165) is 0 Å². The first-order valence-electron chi connectivity index (χ1n) is 5.79. The monoisotopic (exact) mass is 264 g/mol. The minimum Gasteiger partial charge on any atom is -0.481 e. The molecule has 0 fully saturated rings. The van der Waals surface area contributed by atoms with Crippen molar-refractivity contribution in [2.45, 2.75) is 33.2 Å². The van der Waals surface area contributed by atoms with Crippen LogP contribution in [0.4, 0.5) is 5.82 Å². The van der Waals surface area contributed by atoms with E-state index in [0.29, 0.717) is 11.5 Å². The Kier molecular flexibility index (Phi) is 2.88. The normalized spacial score (nSPS) is 12.6. The molecule has 8 heteroatoms. The summed E-state index contributed by atoms with van der Waals surface area (Å²) in [7, 11) is 0. The number of tetrazole rings is 1. The second-order valence-electron chi connectivity index (χ2n) is 5.42. The second-order valence-corrected chi connectivity index (χ2v) is 5.42. The van der Waals surface area contributed by atoms with Crippen LogP contribution in [0.15, 0.2) is 12.4 Å². The van der Waals surface area contributed by atoms with Gasteiger partial charge in [0.1, 0.15) is 0 Å². The molecule has 2 N–H and O–H groups in total. The van der Waals surface area contributed by atoms with Crippen LogP contribution in [0, 0.1) is 5.41 Å². The second kappa shape index (κ2) is 4.15. The van der Waals surface area contributed by atoms with Gasteiger partial charge in [0.2, 0.25) is 0 Å². The van der Waals surface area contributed by atoms with Crippen LogP contribution in [0.5, 0.6) is 0 Å². The third-order valence-electron chi connectivity index (χ3n) is 3.65. The van der Waals surface area contributed by atoms with Gasteiger partial charge in [0.05, 0.1) is 17.8 Å². The minimum absolute atomic E-state index is 0.494.